The number of oxazole rings is 1. The van der Waals surface area contributed by atoms with Gasteiger partial charge in [0.2, 0.25) is 27.6 Å². The van der Waals surface area contributed by atoms with E-state index in [1.807, 2.05) is 4.72 Å². The molecule has 4 amide bonds. The number of sulfonamides is 1. The lowest BCUT2D eigenvalue weighted by atomic mass is 9.98. The number of amides is 4. The fraction of sp³-hybridized carbons (Fsp3) is 0.419. The minimum atomic E-state index is -3.76. The SMILES string of the molecule is CC(C)C(NC(=O)[C@@H]1CCCN1C(=O)[C@@H](NC(=O)c1ccc(C(=O)NS(C)(=O)=O)cc1)C(C)C)C(=O)c1nc2ccccc2o1. The molecule has 1 unspecified atom stereocenters. The number of nitrogens with one attached hydrogen (secondary N) is 3. The molecule has 13 nitrogen and oxygen atoms in total. The maximum absolute atomic E-state index is 13.7. The molecule has 3 N–H and O–H groups in total. The van der Waals surface area contributed by atoms with Crippen LogP contribution in [0.4, 0.5) is 0 Å². The molecule has 1 aromatic heterocycles. The van der Waals surface area contributed by atoms with Crippen LogP contribution in [0.15, 0.2) is 52.9 Å². The second kappa shape index (κ2) is 13.6. The first kappa shape index (κ1) is 33.3. The number of ketones is 1. The standard InChI is InChI=1S/C31H37N5O8S/c1-17(2)24(26(37)30-32-21-9-6-7-11-23(21)44-30)33-29(40)22-10-8-16-36(22)31(41)25(18(3)4)34-27(38)19-12-14-20(15-13-19)28(39)35-45(5,42)43/h6-7,9,11-15,17-18,22,24-25H,8,10,16H2,1-5H3,(H,33,40)(H,34,38)(H,35,39)/t22-,24?,25-/m0/s1. The van der Waals surface area contributed by atoms with Crippen molar-refractivity contribution in [2.75, 3.05) is 12.8 Å². The van der Waals surface area contributed by atoms with Gasteiger partial charge in [-0.2, -0.15) is 0 Å². The number of para-hydroxylation sites is 2. The van der Waals surface area contributed by atoms with Crippen molar-refractivity contribution in [1.82, 2.24) is 25.2 Å². The molecular formula is C31H37N5O8S. The molecule has 1 aliphatic heterocycles. The van der Waals surface area contributed by atoms with Crippen molar-refractivity contribution in [3.63, 3.8) is 0 Å². The van der Waals surface area contributed by atoms with E-state index in [0.717, 1.165) is 6.26 Å². The topological polar surface area (TPSA) is 185 Å². The molecule has 0 aliphatic carbocycles. The Labute approximate surface area is 261 Å². The third-order valence-electron chi connectivity index (χ3n) is 7.50. The Morgan fingerprint density at radius 2 is 1.47 bits per heavy atom. The van der Waals surface area contributed by atoms with E-state index in [4.69, 9.17) is 4.42 Å². The smallest absolute Gasteiger partial charge is 0.266 e. The molecule has 14 heteroatoms. The molecule has 1 saturated heterocycles. The number of likely N-dealkylation sites (tertiary alicyclic amines) is 1. The van der Waals surface area contributed by atoms with Crippen LogP contribution >= 0.6 is 0 Å². The van der Waals surface area contributed by atoms with Crippen LogP contribution in [0.2, 0.25) is 0 Å². The van der Waals surface area contributed by atoms with Crippen molar-refractivity contribution in [2.45, 2.75) is 58.7 Å². The first-order valence-corrected chi connectivity index (χ1v) is 16.5. The maximum atomic E-state index is 13.7. The Balaban J connectivity index is 1.45. The molecular weight excluding hydrogens is 602 g/mol. The number of hydrogen-bond acceptors (Lipinski definition) is 9. The lowest BCUT2D eigenvalue weighted by molar-refractivity contribution is -0.140. The van der Waals surface area contributed by atoms with E-state index in [1.54, 1.807) is 52.0 Å². The van der Waals surface area contributed by atoms with Gasteiger partial charge in [-0.05, 0) is 61.1 Å². The van der Waals surface area contributed by atoms with Crippen LogP contribution in [0, 0.1) is 11.8 Å². The van der Waals surface area contributed by atoms with Gasteiger partial charge in [-0.15, -0.1) is 0 Å². The molecule has 3 aromatic rings. The van der Waals surface area contributed by atoms with Gasteiger partial charge in [0.15, 0.2) is 5.58 Å². The molecule has 1 fully saturated rings. The lowest BCUT2D eigenvalue weighted by Crippen LogP contribution is -2.57. The first-order valence-electron chi connectivity index (χ1n) is 14.6. The quantitative estimate of drug-likeness (QED) is 0.265. The summed E-state index contributed by atoms with van der Waals surface area (Å²) in [6.07, 6.45) is 1.80. The van der Waals surface area contributed by atoms with Crippen molar-refractivity contribution in [3.8, 4) is 0 Å². The monoisotopic (exact) mass is 639 g/mol. The van der Waals surface area contributed by atoms with Crippen molar-refractivity contribution in [3.05, 3.63) is 65.5 Å². The van der Waals surface area contributed by atoms with Crippen molar-refractivity contribution >= 4 is 50.5 Å². The van der Waals surface area contributed by atoms with Crippen LogP contribution in [0.3, 0.4) is 0 Å². The van der Waals surface area contributed by atoms with E-state index in [2.05, 4.69) is 15.6 Å². The van der Waals surface area contributed by atoms with Gasteiger partial charge in [-0.25, -0.2) is 18.1 Å². The third kappa shape index (κ3) is 7.93. The normalized spacial score (nSPS) is 16.4. The summed E-state index contributed by atoms with van der Waals surface area (Å²) in [7, 11) is -3.76. The van der Waals surface area contributed by atoms with Gasteiger partial charge in [-0.1, -0.05) is 39.8 Å². The molecule has 3 atom stereocenters. The number of rotatable bonds is 11. The average Bonchev–Trinajstić information content (AvgIpc) is 3.64. The summed E-state index contributed by atoms with van der Waals surface area (Å²) in [6.45, 7) is 7.41. The minimum Gasteiger partial charge on any atom is -0.434 e. The van der Waals surface area contributed by atoms with E-state index < -0.39 is 57.6 Å². The zero-order chi connectivity index (χ0) is 33.1. The second-order valence-corrected chi connectivity index (χ2v) is 13.5. The first-order chi connectivity index (χ1) is 21.2. The van der Waals surface area contributed by atoms with Gasteiger partial charge < -0.3 is 20.0 Å². The van der Waals surface area contributed by atoms with Crippen LogP contribution in [0.1, 0.15) is 71.9 Å². The highest BCUT2D eigenvalue weighted by Gasteiger charge is 2.40. The Morgan fingerprint density at radius 1 is 0.867 bits per heavy atom. The summed E-state index contributed by atoms with van der Waals surface area (Å²) in [5, 5.41) is 5.54. The van der Waals surface area contributed by atoms with Gasteiger partial charge in [0.25, 0.3) is 17.7 Å². The van der Waals surface area contributed by atoms with E-state index in [-0.39, 0.29) is 28.9 Å². The number of nitrogens with zero attached hydrogens (tertiary/aromatic N) is 2. The fourth-order valence-electron chi connectivity index (χ4n) is 5.12. The molecule has 2 aromatic carbocycles. The summed E-state index contributed by atoms with van der Waals surface area (Å²) < 4.78 is 30.2. The van der Waals surface area contributed by atoms with Crippen molar-refractivity contribution < 1.29 is 36.8 Å². The molecule has 1 aliphatic rings. The van der Waals surface area contributed by atoms with Crippen LogP contribution in [-0.2, 0) is 19.6 Å². The van der Waals surface area contributed by atoms with Gasteiger partial charge in [0, 0.05) is 17.7 Å². The minimum absolute atomic E-state index is 0.0358. The number of carbonyl (C=O) groups is 5. The highest BCUT2D eigenvalue weighted by Crippen LogP contribution is 2.23. The van der Waals surface area contributed by atoms with Gasteiger partial charge in [-0.3, -0.25) is 24.0 Å². The summed E-state index contributed by atoms with van der Waals surface area (Å²) in [5.41, 5.74) is 1.17. The van der Waals surface area contributed by atoms with E-state index >= 15 is 0 Å². The van der Waals surface area contributed by atoms with Crippen LogP contribution in [0.5, 0.6) is 0 Å². The summed E-state index contributed by atoms with van der Waals surface area (Å²) in [5.74, 6) is -3.57. The number of carbonyl (C=O) groups excluding carboxylic acids is 5. The number of fused-ring (bicyclic) bond motifs is 1. The summed E-state index contributed by atoms with van der Waals surface area (Å²) in [6, 6.07) is 9.51. The van der Waals surface area contributed by atoms with E-state index in [9.17, 15) is 32.4 Å². The van der Waals surface area contributed by atoms with Gasteiger partial charge in [0.05, 0.1) is 12.3 Å². The van der Waals surface area contributed by atoms with E-state index in [0.29, 0.717) is 30.5 Å². The summed E-state index contributed by atoms with van der Waals surface area (Å²) >= 11 is 0. The van der Waals surface area contributed by atoms with E-state index in [1.165, 1.54) is 29.2 Å². The Morgan fingerprint density at radius 3 is 2.04 bits per heavy atom. The highest BCUT2D eigenvalue weighted by atomic mass is 32.2. The molecule has 0 radical (unpaired) electrons. The number of benzene rings is 2. The zero-order valence-electron chi connectivity index (χ0n) is 25.7. The highest BCUT2D eigenvalue weighted by molar-refractivity contribution is 7.89. The largest absolute Gasteiger partial charge is 0.434 e. The van der Waals surface area contributed by atoms with Crippen LogP contribution in [-0.4, -0.2) is 78.6 Å². The molecule has 0 bridgehead atoms. The average molecular weight is 640 g/mol. The Bertz CT molecular complexity index is 1680. The molecule has 0 spiro atoms. The second-order valence-electron chi connectivity index (χ2n) is 11.7. The molecule has 240 valence electrons. The fourth-order valence-corrected chi connectivity index (χ4v) is 5.57. The van der Waals surface area contributed by atoms with Gasteiger partial charge >= 0.3 is 0 Å². The van der Waals surface area contributed by atoms with Gasteiger partial charge in [0.1, 0.15) is 17.6 Å². The summed E-state index contributed by atoms with van der Waals surface area (Å²) in [4.78, 5) is 71.5. The van der Waals surface area contributed by atoms with Crippen molar-refractivity contribution in [2.24, 2.45) is 11.8 Å². The van der Waals surface area contributed by atoms with Crippen LogP contribution < -0.4 is 15.4 Å². The van der Waals surface area contributed by atoms with Crippen LogP contribution in [0.25, 0.3) is 11.1 Å². The molecule has 45 heavy (non-hydrogen) atoms. The maximum Gasteiger partial charge on any atom is 0.266 e. The number of hydrogen-bond donors (Lipinski definition) is 3. The predicted molar refractivity (Wildman–Crippen MR) is 165 cm³/mol. The predicted octanol–water partition coefficient (Wildman–Crippen LogP) is 2.29. The molecule has 2 heterocycles. The Hall–Kier alpha value is -4.59. The lowest BCUT2D eigenvalue weighted by Gasteiger charge is -2.31. The number of Topliss-reactive ketones (excluding diaryl/α,β-unsaturated/α-hetero) is 1. The Kier molecular flexibility index (Phi) is 10.1. The van der Waals surface area contributed by atoms with Crippen molar-refractivity contribution in [1.29, 1.82) is 0 Å². The number of aromatic nitrogens is 1. The molecule has 0 saturated carbocycles. The third-order valence-corrected chi connectivity index (χ3v) is 8.05. The zero-order valence-corrected chi connectivity index (χ0v) is 26.5. The molecule has 4 rings (SSSR count).